The molecule has 35 heavy (non-hydrogen) atoms. The second-order valence-electron chi connectivity index (χ2n) is 8.51. The van der Waals surface area contributed by atoms with Gasteiger partial charge in [0.1, 0.15) is 5.57 Å². The summed E-state index contributed by atoms with van der Waals surface area (Å²) in [5.74, 6) is -5.16. The molecule has 0 saturated carbocycles. The SMILES string of the molecule is CCCC[P+](CCCC)(CCCC)C1(C(=O)OC)C([O-])=C(C(=O)OC)C(C(=O)OC)=C1C(=O)OC. The third-order valence-electron chi connectivity index (χ3n) is 6.60. The second kappa shape index (κ2) is 13.6. The number of carbonyl (C=O) groups is 4. The van der Waals surface area contributed by atoms with Gasteiger partial charge < -0.3 is 24.1 Å². The lowest BCUT2D eigenvalue weighted by Gasteiger charge is -2.45. The Labute approximate surface area is 208 Å². The van der Waals surface area contributed by atoms with Crippen molar-refractivity contribution in [2.75, 3.05) is 46.9 Å². The fourth-order valence-corrected chi connectivity index (χ4v) is 11.0. The summed E-state index contributed by atoms with van der Waals surface area (Å²) in [6.45, 7) is 6.00. The molecule has 1 aliphatic rings. The van der Waals surface area contributed by atoms with Crippen molar-refractivity contribution in [2.24, 2.45) is 0 Å². The van der Waals surface area contributed by atoms with Crippen LogP contribution < -0.4 is 5.11 Å². The lowest BCUT2D eigenvalue weighted by atomic mass is 9.97. The van der Waals surface area contributed by atoms with Crippen LogP contribution in [0.15, 0.2) is 22.5 Å². The summed E-state index contributed by atoms with van der Waals surface area (Å²) in [5.41, 5.74) is -1.70. The summed E-state index contributed by atoms with van der Waals surface area (Å²) in [6.07, 6.45) is 5.99. The van der Waals surface area contributed by atoms with Crippen molar-refractivity contribution < 1.29 is 43.2 Å². The molecule has 0 N–H and O–H groups in total. The molecule has 0 aromatic heterocycles. The van der Waals surface area contributed by atoms with Gasteiger partial charge >= 0.3 is 23.9 Å². The van der Waals surface area contributed by atoms with Gasteiger partial charge in [-0.25, -0.2) is 19.2 Å². The topological polar surface area (TPSA) is 128 Å². The van der Waals surface area contributed by atoms with Crippen LogP contribution in [0.1, 0.15) is 59.3 Å². The third kappa shape index (κ3) is 5.40. The van der Waals surface area contributed by atoms with Gasteiger partial charge in [0.25, 0.3) is 0 Å². The quantitative estimate of drug-likeness (QED) is 0.195. The van der Waals surface area contributed by atoms with Crippen LogP contribution in [-0.2, 0) is 38.1 Å². The van der Waals surface area contributed by atoms with Crippen molar-refractivity contribution in [3.05, 3.63) is 22.5 Å². The highest BCUT2D eigenvalue weighted by atomic mass is 31.2. The van der Waals surface area contributed by atoms with Crippen LogP contribution in [0.5, 0.6) is 0 Å². The number of unbranched alkanes of at least 4 members (excludes halogenated alkanes) is 3. The zero-order chi connectivity index (χ0) is 26.8. The summed E-state index contributed by atoms with van der Waals surface area (Å²) in [5, 5.41) is 12.2. The molecule has 0 bridgehead atoms. The molecule has 1 rings (SSSR count). The van der Waals surface area contributed by atoms with Crippen molar-refractivity contribution in [3.8, 4) is 0 Å². The van der Waals surface area contributed by atoms with E-state index in [4.69, 9.17) is 18.9 Å². The van der Waals surface area contributed by atoms with Crippen LogP contribution in [0.2, 0.25) is 0 Å². The summed E-state index contributed by atoms with van der Waals surface area (Å²) in [4.78, 5) is 53.1. The Morgan fingerprint density at radius 3 is 1.43 bits per heavy atom. The molecule has 0 aromatic rings. The number of methoxy groups -OCH3 is 4. The maximum atomic E-state index is 14.4. The predicted octanol–water partition coefficient (Wildman–Crippen LogP) is 2.76. The summed E-state index contributed by atoms with van der Waals surface area (Å²) < 4.78 is 19.9. The van der Waals surface area contributed by atoms with Crippen molar-refractivity contribution in [1.29, 1.82) is 0 Å². The maximum absolute atomic E-state index is 14.4. The highest BCUT2D eigenvalue weighted by Crippen LogP contribution is 2.76. The van der Waals surface area contributed by atoms with Gasteiger partial charge in [0, 0.05) is 7.26 Å². The highest BCUT2D eigenvalue weighted by molar-refractivity contribution is 7.78. The first-order valence-electron chi connectivity index (χ1n) is 12.0. The molecule has 0 amide bonds. The van der Waals surface area contributed by atoms with E-state index in [1.165, 1.54) is 0 Å². The van der Waals surface area contributed by atoms with Crippen molar-refractivity contribution in [2.45, 2.75) is 64.5 Å². The van der Waals surface area contributed by atoms with E-state index in [2.05, 4.69) is 0 Å². The average Bonchev–Trinajstić information content (AvgIpc) is 3.16. The van der Waals surface area contributed by atoms with E-state index in [0.717, 1.165) is 47.7 Å². The summed E-state index contributed by atoms with van der Waals surface area (Å²) in [7, 11) is 1.58. The smallest absolute Gasteiger partial charge is 0.358 e. The minimum absolute atomic E-state index is 0.458. The molecular weight excluding hydrogens is 475 g/mol. The summed E-state index contributed by atoms with van der Waals surface area (Å²) in [6, 6.07) is 0. The largest absolute Gasteiger partial charge is 0.871 e. The minimum Gasteiger partial charge on any atom is -0.871 e. The predicted molar refractivity (Wildman–Crippen MR) is 131 cm³/mol. The van der Waals surface area contributed by atoms with Crippen LogP contribution >= 0.6 is 7.26 Å². The number of ether oxygens (including phenoxy) is 4. The van der Waals surface area contributed by atoms with E-state index in [1.54, 1.807) is 0 Å². The molecule has 9 nitrogen and oxygen atoms in total. The molecule has 198 valence electrons. The van der Waals surface area contributed by atoms with Gasteiger partial charge in [-0.15, -0.1) is 0 Å². The molecule has 1 atom stereocenters. The molecule has 0 aromatic carbocycles. The lowest BCUT2D eigenvalue weighted by molar-refractivity contribution is -0.310. The van der Waals surface area contributed by atoms with E-state index < -0.39 is 58.8 Å². The van der Waals surface area contributed by atoms with Gasteiger partial charge in [0.2, 0.25) is 5.16 Å². The van der Waals surface area contributed by atoms with Gasteiger partial charge in [-0.3, -0.25) is 0 Å². The van der Waals surface area contributed by atoms with Crippen LogP contribution in [0, 0.1) is 0 Å². The van der Waals surface area contributed by atoms with Gasteiger partial charge in [-0.1, -0.05) is 45.8 Å². The molecular formula is C25H39O9P. The fraction of sp³-hybridized carbons (Fsp3) is 0.680. The Hall–Kier alpha value is -2.41. The van der Waals surface area contributed by atoms with E-state index in [0.29, 0.717) is 37.7 Å². The molecule has 0 radical (unpaired) electrons. The minimum atomic E-state index is -2.77. The first-order valence-corrected chi connectivity index (χ1v) is 14.4. The third-order valence-corrected chi connectivity index (χ3v) is 12.1. The number of carbonyl (C=O) groups excluding carboxylic acids is 4. The fourth-order valence-electron chi connectivity index (χ4n) is 4.88. The Morgan fingerprint density at radius 2 is 1.09 bits per heavy atom. The lowest BCUT2D eigenvalue weighted by Crippen LogP contribution is -2.52. The molecule has 0 heterocycles. The molecule has 0 fully saturated rings. The van der Waals surface area contributed by atoms with Crippen LogP contribution in [0.3, 0.4) is 0 Å². The highest BCUT2D eigenvalue weighted by Gasteiger charge is 2.71. The van der Waals surface area contributed by atoms with E-state index in [-0.39, 0.29) is 0 Å². The zero-order valence-corrected chi connectivity index (χ0v) is 22.9. The van der Waals surface area contributed by atoms with Crippen LogP contribution in [0.4, 0.5) is 0 Å². The van der Waals surface area contributed by atoms with Crippen LogP contribution in [-0.4, -0.2) is 76.0 Å². The van der Waals surface area contributed by atoms with Gasteiger partial charge in [0.15, 0.2) is 0 Å². The molecule has 0 spiro atoms. The first-order chi connectivity index (χ1) is 16.6. The molecule has 10 heteroatoms. The Bertz CT molecular complexity index is 852. The van der Waals surface area contributed by atoms with E-state index >= 15 is 0 Å². The Morgan fingerprint density at radius 1 is 0.686 bits per heavy atom. The van der Waals surface area contributed by atoms with Gasteiger partial charge in [0.05, 0.1) is 58.1 Å². The Balaban J connectivity index is 4.42. The number of hydrogen-bond donors (Lipinski definition) is 0. The van der Waals surface area contributed by atoms with Crippen molar-refractivity contribution >= 4 is 31.1 Å². The molecule has 1 aliphatic carbocycles. The first kappa shape index (κ1) is 30.6. The standard InChI is InChI=1S/C25H39O9P/c1-8-11-14-35(15-12-9-2,16-13-10-3)25(24(30)34-7)19(23(29)33-6)17(21(27)31-4)18(20(25)26)22(28)32-5/h8-16H2,1-7H3. The van der Waals surface area contributed by atoms with E-state index in [9.17, 15) is 24.3 Å². The van der Waals surface area contributed by atoms with Crippen molar-refractivity contribution in [3.63, 3.8) is 0 Å². The van der Waals surface area contributed by atoms with Gasteiger partial charge in [-0.2, -0.15) is 0 Å². The number of esters is 4. The summed E-state index contributed by atoms with van der Waals surface area (Å²) >= 11 is 0. The van der Waals surface area contributed by atoms with Crippen LogP contribution in [0.25, 0.3) is 0 Å². The van der Waals surface area contributed by atoms with E-state index in [1.807, 2.05) is 20.8 Å². The average molecular weight is 515 g/mol. The zero-order valence-electron chi connectivity index (χ0n) is 22.0. The maximum Gasteiger partial charge on any atom is 0.358 e. The van der Waals surface area contributed by atoms with Crippen molar-refractivity contribution in [1.82, 2.24) is 0 Å². The number of hydrogen-bond acceptors (Lipinski definition) is 9. The number of rotatable bonds is 14. The molecule has 0 aliphatic heterocycles. The molecule has 0 saturated heterocycles. The molecule has 1 unspecified atom stereocenters. The normalized spacial score (nSPS) is 17.9. The second-order valence-corrected chi connectivity index (χ2v) is 12.8. The Kier molecular flexibility index (Phi) is 11.9. The monoisotopic (exact) mass is 514 g/mol. The van der Waals surface area contributed by atoms with Gasteiger partial charge in [-0.05, 0) is 19.3 Å².